The second kappa shape index (κ2) is 6.84. The van der Waals surface area contributed by atoms with Gasteiger partial charge in [0.2, 0.25) is 0 Å². The molecule has 3 N–H and O–H groups in total. The lowest BCUT2D eigenvalue weighted by Crippen LogP contribution is -2.32. The third-order valence-corrected chi connectivity index (χ3v) is 3.12. The third-order valence-electron chi connectivity index (χ3n) is 2.77. The number of hydrogen-bond donors (Lipinski definition) is 2. The molecule has 1 aromatic rings. The first-order valence-corrected chi connectivity index (χ1v) is 6.34. The Morgan fingerprint density at radius 2 is 2.12 bits per heavy atom. The minimum Gasteiger partial charge on any atom is -0.396 e. The number of halogens is 1. The minimum atomic E-state index is 0.206. The number of nitrogens with zero attached hydrogens (tertiary/aromatic N) is 1. The van der Waals surface area contributed by atoms with Gasteiger partial charge in [-0.25, -0.2) is 0 Å². The predicted octanol–water partition coefficient (Wildman–Crippen LogP) is 2.40. The number of benzene rings is 1. The van der Waals surface area contributed by atoms with Gasteiger partial charge in [0.1, 0.15) is 0 Å². The zero-order chi connectivity index (χ0) is 12.8. The van der Waals surface area contributed by atoms with Crippen LogP contribution in [-0.4, -0.2) is 24.3 Å². The predicted molar refractivity (Wildman–Crippen MR) is 73.5 cm³/mol. The molecule has 0 bridgehead atoms. The van der Waals surface area contributed by atoms with Crippen LogP contribution in [0.25, 0.3) is 0 Å². The molecule has 0 radical (unpaired) electrons. The van der Waals surface area contributed by atoms with Crippen LogP contribution in [0.1, 0.15) is 25.8 Å². The first-order chi connectivity index (χ1) is 8.10. The highest BCUT2D eigenvalue weighted by Crippen LogP contribution is 2.25. The van der Waals surface area contributed by atoms with Gasteiger partial charge in [-0.1, -0.05) is 17.7 Å². The lowest BCUT2D eigenvalue weighted by Gasteiger charge is -2.29. The Hall–Kier alpha value is -0.770. The van der Waals surface area contributed by atoms with Crippen LogP contribution >= 0.6 is 11.6 Å². The molecule has 0 unspecified atom stereocenters. The van der Waals surface area contributed by atoms with E-state index in [1.54, 1.807) is 0 Å². The molecule has 0 aliphatic rings. The fourth-order valence-electron chi connectivity index (χ4n) is 1.81. The molecule has 0 amide bonds. The molecule has 96 valence electrons. The molecule has 0 spiro atoms. The summed E-state index contributed by atoms with van der Waals surface area (Å²) in [7, 11) is 0. The monoisotopic (exact) mass is 256 g/mol. The quantitative estimate of drug-likeness (QED) is 0.822. The minimum absolute atomic E-state index is 0.206. The van der Waals surface area contributed by atoms with Crippen molar-refractivity contribution < 1.29 is 5.11 Å². The number of aliphatic hydroxyl groups is 1. The Morgan fingerprint density at radius 3 is 2.59 bits per heavy atom. The van der Waals surface area contributed by atoms with E-state index in [0.29, 0.717) is 17.6 Å². The fourth-order valence-corrected chi connectivity index (χ4v) is 2.06. The zero-order valence-electron chi connectivity index (χ0n) is 10.5. The second-order valence-corrected chi connectivity index (χ2v) is 4.75. The Balaban J connectivity index is 2.90. The molecule has 0 aromatic heterocycles. The van der Waals surface area contributed by atoms with Crippen molar-refractivity contribution in [3.8, 4) is 0 Å². The van der Waals surface area contributed by atoms with E-state index in [-0.39, 0.29) is 6.61 Å². The van der Waals surface area contributed by atoms with Gasteiger partial charge in [0, 0.05) is 36.4 Å². The maximum atomic E-state index is 8.91. The van der Waals surface area contributed by atoms with Gasteiger partial charge in [0.15, 0.2) is 0 Å². The highest BCUT2D eigenvalue weighted by Gasteiger charge is 2.11. The van der Waals surface area contributed by atoms with Crippen LogP contribution < -0.4 is 10.6 Å². The van der Waals surface area contributed by atoms with E-state index in [1.165, 1.54) is 0 Å². The molecule has 0 aliphatic carbocycles. The van der Waals surface area contributed by atoms with E-state index in [2.05, 4.69) is 18.7 Å². The molecule has 0 heterocycles. The Kier molecular flexibility index (Phi) is 5.75. The topological polar surface area (TPSA) is 49.5 Å². The van der Waals surface area contributed by atoms with Gasteiger partial charge < -0.3 is 15.7 Å². The van der Waals surface area contributed by atoms with Crippen molar-refractivity contribution in [1.29, 1.82) is 0 Å². The molecule has 0 fully saturated rings. The van der Waals surface area contributed by atoms with Crippen LogP contribution in [0.4, 0.5) is 5.69 Å². The van der Waals surface area contributed by atoms with Crippen LogP contribution in [0.15, 0.2) is 18.2 Å². The average molecular weight is 257 g/mol. The van der Waals surface area contributed by atoms with Gasteiger partial charge in [-0.15, -0.1) is 0 Å². The summed E-state index contributed by atoms with van der Waals surface area (Å²) < 4.78 is 0. The molecule has 1 aromatic carbocycles. The third kappa shape index (κ3) is 3.87. The van der Waals surface area contributed by atoms with Gasteiger partial charge in [0.25, 0.3) is 0 Å². The van der Waals surface area contributed by atoms with E-state index in [9.17, 15) is 0 Å². The van der Waals surface area contributed by atoms with Crippen molar-refractivity contribution in [3.63, 3.8) is 0 Å². The lowest BCUT2D eigenvalue weighted by atomic mass is 10.1. The maximum Gasteiger partial charge on any atom is 0.0471 e. The summed E-state index contributed by atoms with van der Waals surface area (Å²) in [4.78, 5) is 2.22. The first kappa shape index (κ1) is 14.3. The summed E-state index contributed by atoms with van der Waals surface area (Å²) in [6, 6.07) is 6.32. The van der Waals surface area contributed by atoms with Crippen LogP contribution in [0.2, 0.25) is 5.02 Å². The summed E-state index contributed by atoms with van der Waals surface area (Å²) in [5.74, 6) is 0. The molecule has 1 rings (SSSR count). The van der Waals surface area contributed by atoms with Gasteiger partial charge in [-0.05, 0) is 38.0 Å². The Labute approximate surface area is 108 Å². The van der Waals surface area contributed by atoms with E-state index in [0.717, 1.165) is 24.2 Å². The first-order valence-electron chi connectivity index (χ1n) is 5.96. The highest BCUT2D eigenvalue weighted by atomic mass is 35.5. The van der Waals surface area contributed by atoms with Gasteiger partial charge >= 0.3 is 0 Å². The molecule has 17 heavy (non-hydrogen) atoms. The van der Waals surface area contributed by atoms with E-state index in [1.807, 2.05) is 18.2 Å². The molecule has 4 heteroatoms. The summed E-state index contributed by atoms with van der Waals surface area (Å²) in [6.07, 6.45) is 0.758. The number of hydrogen-bond acceptors (Lipinski definition) is 3. The normalized spacial score (nSPS) is 10.9. The van der Waals surface area contributed by atoms with E-state index in [4.69, 9.17) is 22.4 Å². The fraction of sp³-hybridized carbons (Fsp3) is 0.538. The largest absolute Gasteiger partial charge is 0.396 e. The zero-order valence-corrected chi connectivity index (χ0v) is 11.2. The Bertz CT molecular complexity index is 355. The summed E-state index contributed by atoms with van der Waals surface area (Å²) in [6.45, 7) is 5.74. The highest BCUT2D eigenvalue weighted by molar-refractivity contribution is 6.31. The van der Waals surface area contributed by atoms with E-state index < -0.39 is 0 Å². The second-order valence-electron chi connectivity index (χ2n) is 4.34. The summed E-state index contributed by atoms with van der Waals surface area (Å²) in [5.41, 5.74) is 7.62. The number of aliphatic hydroxyl groups excluding tert-OH is 1. The molecular weight excluding hydrogens is 236 g/mol. The van der Waals surface area contributed by atoms with E-state index >= 15 is 0 Å². The number of anilines is 1. The molecule has 0 atom stereocenters. The van der Waals surface area contributed by atoms with Gasteiger partial charge in [-0.2, -0.15) is 0 Å². The average Bonchev–Trinajstić information content (AvgIpc) is 2.29. The molecule has 0 saturated carbocycles. The van der Waals surface area contributed by atoms with Crippen molar-refractivity contribution in [3.05, 3.63) is 28.8 Å². The molecular formula is C13H21ClN2O. The standard InChI is InChI=1S/C13H21ClN2O/c1-10(2)16(6-3-7-17)12-5-4-11(9-15)13(14)8-12/h4-5,8,10,17H,3,6-7,9,15H2,1-2H3. The van der Waals surface area contributed by atoms with Crippen LogP contribution in [0.3, 0.4) is 0 Å². The van der Waals surface area contributed by atoms with Crippen molar-refractivity contribution in [2.45, 2.75) is 32.9 Å². The van der Waals surface area contributed by atoms with Crippen molar-refractivity contribution in [1.82, 2.24) is 0 Å². The van der Waals surface area contributed by atoms with Crippen LogP contribution in [0, 0.1) is 0 Å². The van der Waals surface area contributed by atoms with Crippen molar-refractivity contribution >= 4 is 17.3 Å². The summed E-state index contributed by atoms with van der Waals surface area (Å²) in [5, 5.41) is 9.62. The number of rotatable bonds is 6. The van der Waals surface area contributed by atoms with Gasteiger partial charge in [-0.3, -0.25) is 0 Å². The summed E-state index contributed by atoms with van der Waals surface area (Å²) >= 11 is 6.16. The molecule has 3 nitrogen and oxygen atoms in total. The smallest absolute Gasteiger partial charge is 0.0471 e. The maximum absolute atomic E-state index is 8.91. The molecule has 0 saturated heterocycles. The lowest BCUT2D eigenvalue weighted by molar-refractivity contribution is 0.288. The van der Waals surface area contributed by atoms with Crippen LogP contribution in [-0.2, 0) is 6.54 Å². The van der Waals surface area contributed by atoms with Crippen molar-refractivity contribution in [2.75, 3.05) is 18.1 Å². The number of nitrogens with two attached hydrogens (primary N) is 1. The Morgan fingerprint density at radius 1 is 1.41 bits per heavy atom. The van der Waals surface area contributed by atoms with Crippen LogP contribution in [0.5, 0.6) is 0 Å². The SMILES string of the molecule is CC(C)N(CCCO)c1ccc(CN)c(Cl)c1. The molecule has 0 aliphatic heterocycles. The van der Waals surface area contributed by atoms with Crippen molar-refractivity contribution in [2.24, 2.45) is 5.73 Å². The van der Waals surface area contributed by atoms with Gasteiger partial charge in [0.05, 0.1) is 0 Å².